The smallest absolute Gasteiger partial charge is 0.255 e. The predicted molar refractivity (Wildman–Crippen MR) is 104 cm³/mol. The fourth-order valence-electron chi connectivity index (χ4n) is 3.31. The minimum Gasteiger partial charge on any atom is -0.383 e. The van der Waals surface area contributed by atoms with E-state index in [0.29, 0.717) is 36.8 Å². The van der Waals surface area contributed by atoms with E-state index in [-0.39, 0.29) is 5.91 Å². The lowest BCUT2D eigenvalue weighted by atomic mass is 10.2. The third-order valence-corrected chi connectivity index (χ3v) is 4.86. The standard InChI is InChI=1S/C20H22N6O/c1-14-6-7-15(12-22-14)20(27)26-10-8-25(9-11-26)13-18-23-17-5-3-2-4-16(17)19(21)24-18/h2-7,12H,8-11,13H2,1H3,(H2,21,23,24). The van der Waals surface area contributed by atoms with Crippen LogP contribution in [0.1, 0.15) is 21.9 Å². The number of fused-ring (bicyclic) bond motifs is 1. The van der Waals surface area contributed by atoms with Crippen LogP contribution in [0.3, 0.4) is 0 Å². The van der Waals surface area contributed by atoms with Crippen LogP contribution in [0.15, 0.2) is 42.6 Å². The summed E-state index contributed by atoms with van der Waals surface area (Å²) in [6.45, 7) is 5.45. The number of para-hydroxylation sites is 1. The van der Waals surface area contributed by atoms with E-state index in [4.69, 9.17) is 5.73 Å². The molecule has 0 spiro atoms. The lowest BCUT2D eigenvalue weighted by molar-refractivity contribution is 0.0625. The quantitative estimate of drug-likeness (QED) is 0.765. The van der Waals surface area contributed by atoms with Gasteiger partial charge in [0.25, 0.3) is 5.91 Å². The summed E-state index contributed by atoms with van der Waals surface area (Å²) >= 11 is 0. The molecule has 1 aliphatic rings. The molecule has 0 unspecified atom stereocenters. The number of carbonyl (C=O) groups is 1. The van der Waals surface area contributed by atoms with Crippen molar-refractivity contribution in [1.29, 1.82) is 0 Å². The van der Waals surface area contributed by atoms with Crippen molar-refractivity contribution in [2.24, 2.45) is 0 Å². The predicted octanol–water partition coefficient (Wildman–Crippen LogP) is 1.87. The lowest BCUT2D eigenvalue weighted by Crippen LogP contribution is -2.48. The van der Waals surface area contributed by atoms with Gasteiger partial charge in [0.15, 0.2) is 0 Å². The van der Waals surface area contributed by atoms with Crippen LogP contribution >= 0.6 is 0 Å². The largest absolute Gasteiger partial charge is 0.383 e. The molecule has 7 nitrogen and oxygen atoms in total. The molecular formula is C20H22N6O. The second-order valence-electron chi connectivity index (χ2n) is 6.80. The molecular weight excluding hydrogens is 340 g/mol. The normalized spacial score (nSPS) is 15.2. The van der Waals surface area contributed by atoms with Gasteiger partial charge in [0.2, 0.25) is 0 Å². The molecule has 27 heavy (non-hydrogen) atoms. The first-order chi connectivity index (χ1) is 13.1. The van der Waals surface area contributed by atoms with Crippen molar-refractivity contribution in [3.8, 4) is 0 Å². The van der Waals surface area contributed by atoms with E-state index < -0.39 is 0 Å². The highest BCUT2D eigenvalue weighted by atomic mass is 16.2. The summed E-state index contributed by atoms with van der Waals surface area (Å²) < 4.78 is 0. The first kappa shape index (κ1) is 17.4. The number of aromatic nitrogens is 3. The molecule has 3 heterocycles. The number of piperazine rings is 1. The van der Waals surface area contributed by atoms with Crippen LogP contribution in [0.2, 0.25) is 0 Å². The molecule has 1 aromatic carbocycles. The zero-order chi connectivity index (χ0) is 18.8. The molecule has 0 aliphatic carbocycles. The summed E-state index contributed by atoms with van der Waals surface area (Å²) in [7, 11) is 0. The van der Waals surface area contributed by atoms with E-state index in [1.807, 2.05) is 48.2 Å². The van der Waals surface area contributed by atoms with Gasteiger partial charge in [0.05, 0.1) is 17.6 Å². The van der Waals surface area contributed by atoms with Gasteiger partial charge in [0, 0.05) is 43.5 Å². The van der Waals surface area contributed by atoms with Crippen molar-refractivity contribution in [3.63, 3.8) is 0 Å². The third-order valence-electron chi connectivity index (χ3n) is 4.86. The number of benzene rings is 1. The van der Waals surface area contributed by atoms with Gasteiger partial charge in [-0.25, -0.2) is 9.97 Å². The summed E-state index contributed by atoms with van der Waals surface area (Å²) in [5.41, 5.74) is 8.48. The third kappa shape index (κ3) is 3.73. The number of hydrogen-bond acceptors (Lipinski definition) is 6. The van der Waals surface area contributed by atoms with Crippen LogP contribution in [0, 0.1) is 6.92 Å². The van der Waals surface area contributed by atoms with E-state index in [1.165, 1.54) is 0 Å². The molecule has 138 valence electrons. The van der Waals surface area contributed by atoms with E-state index in [1.54, 1.807) is 6.20 Å². The van der Waals surface area contributed by atoms with Gasteiger partial charge in [-0.15, -0.1) is 0 Å². The minimum absolute atomic E-state index is 0.0355. The average molecular weight is 362 g/mol. The molecule has 1 fully saturated rings. The van der Waals surface area contributed by atoms with Crippen molar-refractivity contribution < 1.29 is 4.79 Å². The van der Waals surface area contributed by atoms with Crippen LogP contribution in [0.5, 0.6) is 0 Å². The summed E-state index contributed by atoms with van der Waals surface area (Å²) in [6.07, 6.45) is 1.65. The molecule has 0 bridgehead atoms. The van der Waals surface area contributed by atoms with Gasteiger partial charge in [-0.1, -0.05) is 12.1 Å². The maximum absolute atomic E-state index is 12.6. The summed E-state index contributed by atoms with van der Waals surface area (Å²) in [5.74, 6) is 1.26. The van der Waals surface area contributed by atoms with Crippen LogP contribution in [0.4, 0.5) is 5.82 Å². The topological polar surface area (TPSA) is 88.2 Å². The number of rotatable bonds is 3. The van der Waals surface area contributed by atoms with Crippen LogP contribution in [0.25, 0.3) is 10.9 Å². The first-order valence-corrected chi connectivity index (χ1v) is 9.05. The van der Waals surface area contributed by atoms with Crippen LogP contribution in [-0.4, -0.2) is 56.8 Å². The number of pyridine rings is 1. The Labute approximate surface area is 157 Å². The molecule has 1 amide bonds. The van der Waals surface area contributed by atoms with E-state index in [2.05, 4.69) is 19.9 Å². The Morgan fingerprint density at radius 2 is 1.85 bits per heavy atom. The lowest BCUT2D eigenvalue weighted by Gasteiger charge is -2.34. The highest BCUT2D eigenvalue weighted by molar-refractivity contribution is 5.94. The summed E-state index contributed by atoms with van der Waals surface area (Å²) in [4.78, 5) is 30.0. The number of carbonyl (C=O) groups excluding carboxylic acids is 1. The van der Waals surface area contributed by atoms with Crippen LogP contribution < -0.4 is 5.73 Å². The average Bonchev–Trinajstić information content (AvgIpc) is 2.69. The molecule has 7 heteroatoms. The van der Waals surface area contributed by atoms with Crippen molar-refractivity contribution in [3.05, 3.63) is 59.7 Å². The molecule has 2 N–H and O–H groups in total. The molecule has 3 aromatic rings. The molecule has 0 saturated carbocycles. The summed E-state index contributed by atoms with van der Waals surface area (Å²) in [6, 6.07) is 11.5. The van der Waals surface area contributed by atoms with Crippen molar-refractivity contribution in [2.45, 2.75) is 13.5 Å². The number of aryl methyl sites for hydroxylation is 1. The highest BCUT2D eigenvalue weighted by Gasteiger charge is 2.23. The van der Waals surface area contributed by atoms with E-state index in [9.17, 15) is 4.79 Å². The number of nitrogens with zero attached hydrogens (tertiary/aromatic N) is 5. The number of amides is 1. The Balaban J connectivity index is 1.39. The monoisotopic (exact) mass is 362 g/mol. The number of nitrogens with two attached hydrogens (primary N) is 1. The Morgan fingerprint density at radius 3 is 2.59 bits per heavy atom. The van der Waals surface area contributed by atoms with Crippen molar-refractivity contribution in [2.75, 3.05) is 31.9 Å². The zero-order valence-corrected chi connectivity index (χ0v) is 15.3. The maximum atomic E-state index is 12.6. The molecule has 1 aliphatic heterocycles. The van der Waals surface area contributed by atoms with Crippen molar-refractivity contribution in [1.82, 2.24) is 24.8 Å². The number of anilines is 1. The number of nitrogen functional groups attached to an aromatic ring is 1. The molecule has 4 rings (SSSR count). The number of hydrogen-bond donors (Lipinski definition) is 1. The fourth-order valence-corrected chi connectivity index (χ4v) is 3.31. The van der Waals surface area contributed by atoms with E-state index >= 15 is 0 Å². The van der Waals surface area contributed by atoms with Gasteiger partial charge in [-0.05, 0) is 31.2 Å². The molecule has 0 atom stereocenters. The van der Waals surface area contributed by atoms with Gasteiger partial charge in [0.1, 0.15) is 11.6 Å². The minimum atomic E-state index is 0.0355. The fraction of sp³-hybridized carbons (Fsp3) is 0.300. The highest BCUT2D eigenvalue weighted by Crippen LogP contribution is 2.18. The van der Waals surface area contributed by atoms with Gasteiger partial charge < -0.3 is 10.6 Å². The Bertz CT molecular complexity index is 964. The maximum Gasteiger partial charge on any atom is 0.255 e. The van der Waals surface area contributed by atoms with Crippen molar-refractivity contribution >= 4 is 22.6 Å². The molecule has 2 aromatic heterocycles. The Hall–Kier alpha value is -3.06. The summed E-state index contributed by atoms with van der Waals surface area (Å²) in [5, 5.41) is 0.878. The van der Waals surface area contributed by atoms with Gasteiger partial charge in [-0.3, -0.25) is 14.7 Å². The Morgan fingerprint density at radius 1 is 1.07 bits per heavy atom. The first-order valence-electron chi connectivity index (χ1n) is 9.05. The van der Waals surface area contributed by atoms with Crippen LogP contribution in [-0.2, 0) is 6.54 Å². The molecule has 1 saturated heterocycles. The zero-order valence-electron chi connectivity index (χ0n) is 15.3. The Kier molecular flexibility index (Phi) is 4.68. The second-order valence-corrected chi connectivity index (χ2v) is 6.80. The SMILES string of the molecule is Cc1ccc(C(=O)N2CCN(Cc3nc(N)c4ccccc4n3)CC2)cn1. The second kappa shape index (κ2) is 7.28. The van der Waals surface area contributed by atoms with Gasteiger partial charge in [-0.2, -0.15) is 0 Å². The van der Waals surface area contributed by atoms with E-state index in [0.717, 1.165) is 29.7 Å². The van der Waals surface area contributed by atoms with Gasteiger partial charge >= 0.3 is 0 Å². The molecule has 0 radical (unpaired) electrons.